The number of nitrogens with zero attached hydrogens (tertiary/aromatic N) is 1. The van der Waals surface area contributed by atoms with Gasteiger partial charge in [-0.05, 0) is 37.3 Å². The van der Waals surface area contributed by atoms with Crippen LogP contribution in [0.5, 0.6) is 0 Å². The second-order valence-electron chi connectivity index (χ2n) is 6.26. The minimum absolute atomic E-state index is 0.0992. The van der Waals surface area contributed by atoms with Crippen LogP contribution in [0, 0.1) is 0 Å². The summed E-state index contributed by atoms with van der Waals surface area (Å²) in [5.74, 6) is -0.991. The van der Waals surface area contributed by atoms with Crippen molar-refractivity contribution in [3.05, 3.63) is 65.9 Å². The highest BCUT2D eigenvalue weighted by Crippen LogP contribution is 2.19. The first-order valence-corrected chi connectivity index (χ1v) is 8.88. The summed E-state index contributed by atoms with van der Waals surface area (Å²) >= 11 is 0. The van der Waals surface area contributed by atoms with Crippen molar-refractivity contribution in [3.8, 4) is 0 Å². The number of aromatic nitrogens is 1. The Balaban J connectivity index is 1.61. The van der Waals surface area contributed by atoms with E-state index < -0.39 is 5.97 Å². The number of nitrogens with one attached hydrogen (secondary N) is 2. The van der Waals surface area contributed by atoms with E-state index in [-0.39, 0.29) is 18.4 Å². The highest BCUT2D eigenvalue weighted by atomic mass is 16.5. The molecule has 0 radical (unpaired) electrons. The molecule has 7 nitrogen and oxygen atoms in total. The first-order chi connectivity index (χ1) is 13.5. The molecule has 2 N–H and O–H groups in total. The van der Waals surface area contributed by atoms with Crippen LogP contribution in [-0.2, 0) is 9.53 Å². The van der Waals surface area contributed by atoms with Gasteiger partial charge in [-0.25, -0.2) is 4.79 Å². The lowest BCUT2D eigenvalue weighted by molar-refractivity contribution is -0.116. The minimum atomic E-state index is -0.413. The van der Waals surface area contributed by atoms with Crippen LogP contribution in [0.3, 0.4) is 0 Å². The fourth-order valence-electron chi connectivity index (χ4n) is 2.85. The molecule has 3 aromatic rings. The third kappa shape index (κ3) is 4.20. The van der Waals surface area contributed by atoms with Gasteiger partial charge in [0.15, 0.2) is 0 Å². The summed E-state index contributed by atoms with van der Waals surface area (Å²) in [5.41, 5.74) is 2.33. The maximum Gasteiger partial charge on any atom is 0.338 e. The van der Waals surface area contributed by atoms with Gasteiger partial charge in [0.25, 0.3) is 5.91 Å². The van der Waals surface area contributed by atoms with E-state index in [1.54, 1.807) is 44.4 Å². The molecule has 0 saturated heterocycles. The van der Waals surface area contributed by atoms with Crippen molar-refractivity contribution >= 4 is 34.4 Å². The molecule has 1 aromatic heterocycles. The zero-order valence-corrected chi connectivity index (χ0v) is 15.7. The van der Waals surface area contributed by atoms with Crippen LogP contribution in [0.4, 0.5) is 5.69 Å². The molecule has 1 heterocycles. The maximum atomic E-state index is 12.7. The van der Waals surface area contributed by atoms with Crippen molar-refractivity contribution < 1.29 is 19.1 Å². The fraction of sp³-hybridized carbons (Fsp3) is 0.190. The van der Waals surface area contributed by atoms with Gasteiger partial charge in [0.1, 0.15) is 0 Å². The number of anilines is 1. The van der Waals surface area contributed by atoms with Gasteiger partial charge in [-0.3, -0.25) is 9.59 Å². The second kappa shape index (κ2) is 8.39. The number of H-pyrrole nitrogens is 1. The van der Waals surface area contributed by atoms with Crippen LogP contribution in [0.2, 0.25) is 0 Å². The zero-order valence-electron chi connectivity index (χ0n) is 15.7. The summed E-state index contributed by atoms with van der Waals surface area (Å²) in [6, 6.07) is 13.9. The standard InChI is InChI=1S/C21H21N3O4/c1-3-28-21(27)14-8-10-15(11-9-14)23-19(25)13-24(2)20(26)17-12-22-18-7-5-4-6-16(17)18/h4-12,22H,3,13H2,1-2H3,(H,23,25). The number of benzene rings is 2. The number of carbonyl (C=O) groups excluding carboxylic acids is 3. The lowest BCUT2D eigenvalue weighted by Crippen LogP contribution is -2.34. The van der Waals surface area contributed by atoms with Gasteiger partial charge < -0.3 is 19.9 Å². The van der Waals surface area contributed by atoms with Crippen LogP contribution in [0.25, 0.3) is 10.9 Å². The molecule has 0 fully saturated rings. The van der Waals surface area contributed by atoms with Crippen LogP contribution in [0.1, 0.15) is 27.6 Å². The molecule has 0 bridgehead atoms. The van der Waals surface area contributed by atoms with Gasteiger partial charge in [-0.2, -0.15) is 0 Å². The Morgan fingerprint density at radius 3 is 2.50 bits per heavy atom. The predicted octanol–water partition coefficient (Wildman–Crippen LogP) is 3.06. The number of para-hydroxylation sites is 1. The lowest BCUT2D eigenvalue weighted by Gasteiger charge is -2.16. The van der Waals surface area contributed by atoms with Crippen LogP contribution < -0.4 is 5.32 Å². The Morgan fingerprint density at radius 1 is 1.07 bits per heavy atom. The Morgan fingerprint density at radius 2 is 1.79 bits per heavy atom. The number of hydrogen-bond acceptors (Lipinski definition) is 4. The predicted molar refractivity (Wildman–Crippen MR) is 106 cm³/mol. The van der Waals surface area contributed by atoms with Crippen LogP contribution >= 0.6 is 0 Å². The van der Waals surface area contributed by atoms with Gasteiger partial charge in [-0.1, -0.05) is 18.2 Å². The molecule has 0 aliphatic carbocycles. The Bertz CT molecular complexity index is 1010. The van der Waals surface area contributed by atoms with Gasteiger partial charge >= 0.3 is 5.97 Å². The smallest absolute Gasteiger partial charge is 0.338 e. The van der Waals surface area contributed by atoms with Crippen molar-refractivity contribution in [3.63, 3.8) is 0 Å². The van der Waals surface area contributed by atoms with E-state index in [9.17, 15) is 14.4 Å². The topological polar surface area (TPSA) is 91.5 Å². The first kappa shape index (κ1) is 19.2. The average Bonchev–Trinajstić information content (AvgIpc) is 3.12. The van der Waals surface area contributed by atoms with Crippen LogP contribution in [-0.4, -0.2) is 47.9 Å². The Hall–Kier alpha value is -3.61. The second-order valence-corrected chi connectivity index (χ2v) is 6.26. The molecule has 0 aliphatic heterocycles. The normalized spacial score (nSPS) is 10.5. The van der Waals surface area contributed by atoms with E-state index in [0.29, 0.717) is 23.4 Å². The summed E-state index contributed by atoms with van der Waals surface area (Å²) in [5, 5.41) is 3.53. The SMILES string of the molecule is CCOC(=O)c1ccc(NC(=O)CN(C)C(=O)c2c[nH]c3ccccc23)cc1. The van der Waals surface area contributed by atoms with Gasteiger partial charge in [0.05, 0.1) is 24.3 Å². The molecule has 0 aliphatic rings. The molecule has 0 spiro atoms. The third-order valence-corrected chi connectivity index (χ3v) is 4.23. The van der Waals surface area contributed by atoms with E-state index in [1.807, 2.05) is 24.3 Å². The van der Waals surface area contributed by atoms with Crippen molar-refractivity contribution in [1.82, 2.24) is 9.88 Å². The Labute approximate surface area is 162 Å². The fourth-order valence-corrected chi connectivity index (χ4v) is 2.85. The Kier molecular flexibility index (Phi) is 5.74. The van der Waals surface area contributed by atoms with E-state index >= 15 is 0 Å². The number of carbonyl (C=O) groups is 3. The molecule has 3 rings (SSSR count). The average molecular weight is 379 g/mol. The maximum absolute atomic E-state index is 12.7. The van der Waals surface area contributed by atoms with E-state index in [4.69, 9.17) is 4.74 Å². The van der Waals surface area contributed by atoms with Gasteiger partial charge in [0, 0.05) is 29.8 Å². The summed E-state index contributed by atoms with van der Waals surface area (Å²) < 4.78 is 4.92. The quantitative estimate of drug-likeness (QED) is 0.644. The number of aromatic amines is 1. The zero-order chi connectivity index (χ0) is 20.1. The molecular weight excluding hydrogens is 358 g/mol. The summed E-state index contributed by atoms with van der Waals surface area (Å²) in [4.78, 5) is 41.0. The molecule has 7 heteroatoms. The largest absolute Gasteiger partial charge is 0.462 e. The van der Waals surface area contributed by atoms with E-state index in [2.05, 4.69) is 10.3 Å². The number of hydrogen-bond donors (Lipinski definition) is 2. The number of likely N-dealkylation sites (N-methyl/N-ethyl adjacent to an activating group) is 1. The molecule has 2 amide bonds. The summed E-state index contributed by atoms with van der Waals surface area (Å²) in [6.45, 7) is 1.94. The first-order valence-electron chi connectivity index (χ1n) is 8.88. The molecule has 0 atom stereocenters. The molecule has 2 aromatic carbocycles. The third-order valence-electron chi connectivity index (χ3n) is 4.23. The summed E-state index contributed by atoms with van der Waals surface area (Å²) in [7, 11) is 1.58. The lowest BCUT2D eigenvalue weighted by atomic mass is 10.1. The van der Waals surface area contributed by atoms with Crippen molar-refractivity contribution in [2.75, 3.05) is 25.5 Å². The highest BCUT2D eigenvalue weighted by Gasteiger charge is 2.18. The number of rotatable bonds is 6. The number of ether oxygens (including phenoxy) is 1. The molecule has 0 unspecified atom stereocenters. The minimum Gasteiger partial charge on any atom is -0.462 e. The highest BCUT2D eigenvalue weighted by molar-refractivity contribution is 6.08. The molecular formula is C21H21N3O4. The summed E-state index contributed by atoms with van der Waals surface area (Å²) in [6.07, 6.45) is 1.65. The van der Waals surface area contributed by atoms with Crippen LogP contribution in [0.15, 0.2) is 54.7 Å². The van der Waals surface area contributed by atoms with Gasteiger partial charge in [-0.15, -0.1) is 0 Å². The number of esters is 1. The van der Waals surface area contributed by atoms with Gasteiger partial charge in [0.2, 0.25) is 5.91 Å². The molecule has 28 heavy (non-hydrogen) atoms. The van der Waals surface area contributed by atoms with E-state index in [1.165, 1.54) is 4.90 Å². The molecule has 0 saturated carbocycles. The monoisotopic (exact) mass is 379 g/mol. The van der Waals surface area contributed by atoms with Crippen molar-refractivity contribution in [2.24, 2.45) is 0 Å². The molecule has 144 valence electrons. The van der Waals surface area contributed by atoms with Crippen molar-refractivity contribution in [1.29, 1.82) is 0 Å². The number of amides is 2. The van der Waals surface area contributed by atoms with Crippen molar-refractivity contribution in [2.45, 2.75) is 6.92 Å². The van der Waals surface area contributed by atoms with E-state index in [0.717, 1.165) is 10.9 Å². The number of fused-ring (bicyclic) bond motifs is 1.